The molecule has 2 aromatic carbocycles. The standard InChI is InChI=1S/C20H19N3O2S/c1-3-25-17-12-8-7-11-16(17)13-21-23-19(24)18-14(2)22-20(26-18)15-9-5-4-6-10-15/h4-13H,3H2,1-2H3,(H,23,24)/b21-13+. The van der Waals surface area contributed by atoms with Crippen molar-refractivity contribution in [3.05, 3.63) is 70.7 Å². The molecule has 26 heavy (non-hydrogen) atoms. The molecule has 1 N–H and O–H groups in total. The normalized spacial score (nSPS) is 10.8. The van der Waals surface area contributed by atoms with E-state index < -0.39 is 0 Å². The van der Waals surface area contributed by atoms with Crippen LogP contribution in [-0.4, -0.2) is 23.7 Å². The van der Waals surface area contributed by atoms with E-state index in [2.05, 4.69) is 15.5 Å². The monoisotopic (exact) mass is 365 g/mol. The Morgan fingerprint density at radius 3 is 2.69 bits per heavy atom. The van der Waals surface area contributed by atoms with Gasteiger partial charge in [0.15, 0.2) is 0 Å². The molecule has 0 spiro atoms. The highest BCUT2D eigenvalue weighted by atomic mass is 32.1. The highest BCUT2D eigenvalue weighted by Gasteiger charge is 2.15. The van der Waals surface area contributed by atoms with Crippen LogP contribution in [-0.2, 0) is 0 Å². The van der Waals surface area contributed by atoms with Gasteiger partial charge in [-0.2, -0.15) is 5.10 Å². The Morgan fingerprint density at radius 1 is 1.19 bits per heavy atom. The van der Waals surface area contributed by atoms with E-state index in [0.29, 0.717) is 17.2 Å². The Kier molecular flexibility index (Phi) is 5.76. The van der Waals surface area contributed by atoms with Crippen LogP contribution in [0.3, 0.4) is 0 Å². The van der Waals surface area contributed by atoms with Crippen molar-refractivity contribution >= 4 is 23.5 Å². The van der Waals surface area contributed by atoms with Gasteiger partial charge < -0.3 is 4.74 Å². The second kappa shape index (κ2) is 8.40. The summed E-state index contributed by atoms with van der Waals surface area (Å²) in [6, 6.07) is 17.3. The molecule has 0 aliphatic heterocycles. The first kappa shape index (κ1) is 17.8. The van der Waals surface area contributed by atoms with E-state index in [1.54, 1.807) is 6.21 Å². The van der Waals surface area contributed by atoms with Gasteiger partial charge >= 0.3 is 0 Å². The molecule has 0 aliphatic carbocycles. The average molecular weight is 365 g/mol. The maximum absolute atomic E-state index is 12.4. The van der Waals surface area contributed by atoms with E-state index in [9.17, 15) is 4.79 Å². The number of nitrogens with zero attached hydrogens (tertiary/aromatic N) is 2. The summed E-state index contributed by atoms with van der Waals surface area (Å²) in [5, 5.41) is 4.88. The third-order valence-corrected chi connectivity index (χ3v) is 4.82. The lowest BCUT2D eigenvalue weighted by Crippen LogP contribution is -2.17. The van der Waals surface area contributed by atoms with Crippen LogP contribution in [0.4, 0.5) is 0 Å². The lowest BCUT2D eigenvalue weighted by Gasteiger charge is -2.05. The molecule has 132 valence electrons. The maximum atomic E-state index is 12.4. The molecule has 0 atom stereocenters. The summed E-state index contributed by atoms with van der Waals surface area (Å²) in [4.78, 5) is 17.5. The van der Waals surface area contributed by atoms with Crippen LogP contribution in [0.2, 0.25) is 0 Å². The molecule has 0 aliphatic rings. The first-order valence-electron chi connectivity index (χ1n) is 8.27. The first-order valence-corrected chi connectivity index (χ1v) is 9.08. The average Bonchev–Trinajstić information content (AvgIpc) is 3.06. The number of benzene rings is 2. The van der Waals surface area contributed by atoms with Crippen molar-refractivity contribution in [3.63, 3.8) is 0 Å². The number of carbonyl (C=O) groups is 1. The van der Waals surface area contributed by atoms with Gasteiger partial charge in [0.1, 0.15) is 15.6 Å². The molecule has 1 aromatic heterocycles. The molecule has 5 nitrogen and oxygen atoms in total. The largest absolute Gasteiger partial charge is 0.493 e. The summed E-state index contributed by atoms with van der Waals surface area (Å²) < 4.78 is 5.54. The highest BCUT2D eigenvalue weighted by molar-refractivity contribution is 7.17. The first-order chi connectivity index (χ1) is 12.7. The minimum atomic E-state index is -0.271. The fraction of sp³-hybridized carbons (Fsp3) is 0.150. The molecule has 0 unspecified atom stereocenters. The molecular formula is C20H19N3O2S. The van der Waals surface area contributed by atoms with Crippen molar-refractivity contribution < 1.29 is 9.53 Å². The molecule has 1 heterocycles. The number of hydrazone groups is 1. The highest BCUT2D eigenvalue weighted by Crippen LogP contribution is 2.27. The van der Waals surface area contributed by atoms with Crippen LogP contribution in [0.25, 0.3) is 10.6 Å². The number of ether oxygens (including phenoxy) is 1. The Labute approximate surface area is 156 Å². The summed E-state index contributed by atoms with van der Waals surface area (Å²) in [5.74, 6) is 0.459. The number of carbonyl (C=O) groups excluding carboxylic acids is 1. The smallest absolute Gasteiger partial charge is 0.283 e. The zero-order valence-corrected chi connectivity index (χ0v) is 15.4. The van der Waals surface area contributed by atoms with E-state index in [1.165, 1.54) is 11.3 Å². The zero-order chi connectivity index (χ0) is 18.4. The van der Waals surface area contributed by atoms with Crippen LogP contribution in [0.5, 0.6) is 5.75 Å². The van der Waals surface area contributed by atoms with Crippen molar-refractivity contribution in [1.82, 2.24) is 10.4 Å². The number of hydrogen-bond acceptors (Lipinski definition) is 5. The van der Waals surface area contributed by atoms with Crippen molar-refractivity contribution in [2.75, 3.05) is 6.61 Å². The van der Waals surface area contributed by atoms with Gasteiger partial charge in [-0.3, -0.25) is 4.79 Å². The van der Waals surface area contributed by atoms with Crippen molar-refractivity contribution in [3.8, 4) is 16.3 Å². The molecule has 0 fully saturated rings. The van der Waals surface area contributed by atoms with Gasteiger partial charge in [0.05, 0.1) is 18.5 Å². The van der Waals surface area contributed by atoms with Gasteiger partial charge in [-0.05, 0) is 26.0 Å². The maximum Gasteiger partial charge on any atom is 0.283 e. The second-order valence-electron chi connectivity index (χ2n) is 5.47. The molecule has 3 aromatic rings. The fourth-order valence-electron chi connectivity index (χ4n) is 2.40. The second-order valence-corrected chi connectivity index (χ2v) is 6.47. The molecular weight excluding hydrogens is 346 g/mol. The van der Waals surface area contributed by atoms with Gasteiger partial charge in [0.2, 0.25) is 0 Å². The predicted octanol–water partition coefficient (Wildman–Crippen LogP) is 4.28. The van der Waals surface area contributed by atoms with E-state index in [0.717, 1.165) is 21.9 Å². The number of rotatable bonds is 6. The molecule has 0 bridgehead atoms. The lowest BCUT2D eigenvalue weighted by molar-refractivity contribution is 0.0958. The number of nitrogens with one attached hydrogen (secondary N) is 1. The quantitative estimate of drug-likeness (QED) is 0.524. The van der Waals surface area contributed by atoms with Crippen LogP contribution in [0.15, 0.2) is 59.7 Å². The molecule has 6 heteroatoms. The van der Waals surface area contributed by atoms with Gasteiger partial charge in [0.25, 0.3) is 5.91 Å². The number of hydrogen-bond donors (Lipinski definition) is 1. The van der Waals surface area contributed by atoms with E-state index in [-0.39, 0.29) is 5.91 Å². The Balaban J connectivity index is 1.72. The summed E-state index contributed by atoms with van der Waals surface area (Å²) >= 11 is 1.36. The number of aryl methyl sites for hydroxylation is 1. The van der Waals surface area contributed by atoms with E-state index in [4.69, 9.17) is 4.74 Å². The van der Waals surface area contributed by atoms with E-state index in [1.807, 2.05) is 68.4 Å². The minimum absolute atomic E-state index is 0.271. The molecule has 1 amide bonds. The number of thiazole rings is 1. The van der Waals surface area contributed by atoms with Crippen molar-refractivity contribution in [2.24, 2.45) is 5.10 Å². The van der Waals surface area contributed by atoms with Crippen molar-refractivity contribution in [2.45, 2.75) is 13.8 Å². The summed E-state index contributed by atoms with van der Waals surface area (Å²) in [6.45, 7) is 4.32. The van der Waals surface area contributed by atoms with Gasteiger partial charge in [-0.25, -0.2) is 10.4 Å². The molecule has 0 saturated carbocycles. The third kappa shape index (κ3) is 4.15. The third-order valence-electron chi connectivity index (χ3n) is 3.61. The number of para-hydroxylation sites is 1. The Bertz CT molecular complexity index is 920. The van der Waals surface area contributed by atoms with Crippen LogP contribution in [0, 0.1) is 6.92 Å². The van der Waals surface area contributed by atoms with Crippen LogP contribution < -0.4 is 10.2 Å². The Hall–Kier alpha value is -2.99. The molecule has 0 saturated heterocycles. The topological polar surface area (TPSA) is 63.6 Å². The SMILES string of the molecule is CCOc1ccccc1/C=N/NC(=O)c1sc(-c2ccccc2)nc1C. The van der Waals surface area contributed by atoms with Gasteiger partial charge in [-0.15, -0.1) is 11.3 Å². The number of amides is 1. The Morgan fingerprint density at radius 2 is 1.92 bits per heavy atom. The van der Waals surface area contributed by atoms with Gasteiger partial charge in [-0.1, -0.05) is 42.5 Å². The number of aromatic nitrogens is 1. The lowest BCUT2D eigenvalue weighted by atomic mass is 10.2. The van der Waals surface area contributed by atoms with E-state index >= 15 is 0 Å². The predicted molar refractivity (Wildman–Crippen MR) is 105 cm³/mol. The summed E-state index contributed by atoms with van der Waals surface area (Å²) in [5.41, 5.74) is 5.06. The molecule has 0 radical (unpaired) electrons. The fourth-order valence-corrected chi connectivity index (χ4v) is 3.36. The summed E-state index contributed by atoms with van der Waals surface area (Å²) in [7, 11) is 0. The van der Waals surface area contributed by atoms with Crippen molar-refractivity contribution in [1.29, 1.82) is 0 Å². The summed E-state index contributed by atoms with van der Waals surface area (Å²) in [6.07, 6.45) is 1.58. The van der Waals surface area contributed by atoms with Crippen LogP contribution in [0.1, 0.15) is 27.9 Å². The van der Waals surface area contributed by atoms with Crippen LogP contribution >= 0.6 is 11.3 Å². The zero-order valence-electron chi connectivity index (χ0n) is 14.6. The molecule has 3 rings (SSSR count). The minimum Gasteiger partial charge on any atom is -0.493 e. The van der Waals surface area contributed by atoms with Gasteiger partial charge in [0, 0.05) is 11.1 Å².